The summed E-state index contributed by atoms with van der Waals surface area (Å²) in [6.45, 7) is 2.19. The van der Waals surface area contributed by atoms with E-state index >= 15 is 0 Å². The highest BCUT2D eigenvalue weighted by Gasteiger charge is 2.27. The molecule has 0 bridgehead atoms. The lowest BCUT2D eigenvalue weighted by atomic mass is 10.1. The van der Waals surface area contributed by atoms with Gasteiger partial charge in [0.1, 0.15) is 5.75 Å². The average molecular weight is 389 g/mol. The molecule has 6 heteroatoms. The van der Waals surface area contributed by atoms with Crippen LogP contribution in [0.2, 0.25) is 0 Å². The van der Waals surface area contributed by atoms with Gasteiger partial charge >= 0.3 is 0 Å². The van der Waals surface area contributed by atoms with Crippen LogP contribution in [-0.2, 0) is 11.2 Å². The maximum atomic E-state index is 12.9. The number of nitrogens with one attached hydrogen (secondary N) is 1. The van der Waals surface area contributed by atoms with E-state index in [0.717, 1.165) is 28.7 Å². The molecule has 1 aliphatic rings. The molecule has 2 amide bonds. The predicted octanol–water partition coefficient (Wildman–Crippen LogP) is 3.62. The monoisotopic (exact) mass is 388 g/mol. The van der Waals surface area contributed by atoms with Crippen molar-refractivity contribution in [3.63, 3.8) is 0 Å². The minimum Gasteiger partial charge on any atom is -0.497 e. The van der Waals surface area contributed by atoms with E-state index in [0.29, 0.717) is 17.0 Å². The fourth-order valence-electron chi connectivity index (χ4n) is 2.83. The fourth-order valence-corrected chi connectivity index (χ4v) is 3.33. The molecule has 0 aliphatic carbocycles. The SMILES string of the molecule is COc1ccc(C(=O)N(C(C)=O)c2cc(Br)cc3c2NCC3)cc1. The molecule has 5 nitrogen and oxygen atoms in total. The second kappa shape index (κ2) is 6.65. The van der Waals surface area contributed by atoms with E-state index in [1.165, 1.54) is 11.8 Å². The van der Waals surface area contributed by atoms with Crippen LogP contribution >= 0.6 is 15.9 Å². The number of nitrogens with zero attached hydrogens (tertiary/aromatic N) is 1. The largest absolute Gasteiger partial charge is 0.497 e. The van der Waals surface area contributed by atoms with Gasteiger partial charge in [-0.25, -0.2) is 4.90 Å². The van der Waals surface area contributed by atoms with Gasteiger partial charge in [0, 0.05) is 23.5 Å². The number of imide groups is 1. The molecule has 2 aromatic rings. The zero-order chi connectivity index (χ0) is 17.3. The zero-order valence-corrected chi connectivity index (χ0v) is 15.0. The molecule has 1 N–H and O–H groups in total. The quantitative estimate of drug-likeness (QED) is 0.871. The third-order valence-corrected chi connectivity index (χ3v) is 4.41. The summed E-state index contributed by atoms with van der Waals surface area (Å²) in [6, 6.07) is 10.5. The summed E-state index contributed by atoms with van der Waals surface area (Å²) in [5, 5.41) is 3.27. The van der Waals surface area contributed by atoms with E-state index in [-0.39, 0.29) is 11.8 Å². The number of fused-ring (bicyclic) bond motifs is 1. The number of rotatable bonds is 3. The number of anilines is 2. The summed E-state index contributed by atoms with van der Waals surface area (Å²) >= 11 is 3.46. The number of halogens is 1. The van der Waals surface area contributed by atoms with Crippen LogP contribution in [0.5, 0.6) is 5.75 Å². The van der Waals surface area contributed by atoms with Gasteiger partial charge in [0.25, 0.3) is 5.91 Å². The summed E-state index contributed by atoms with van der Waals surface area (Å²) < 4.78 is 5.95. The van der Waals surface area contributed by atoms with Crippen LogP contribution in [-0.4, -0.2) is 25.5 Å². The van der Waals surface area contributed by atoms with Gasteiger partial charge in [-0.15, -0.1) is 0 Å². The molecule has 0 unspecified atom stereocenters. The molecule has 2 aromatic carbocycles. The lowest BCUT2D eigenvalue weighted by molar-refractivity contribution is -0.115. The van der Waals surface area contributed by atoms with Crippen molar-refractivity contribution in [3.05, 3.63) is 52.0 Å². The number of carbonyl (C=O) groups is 2. The van der Waals surface area contributed by atoms with E-state index in [9.17, 15) is 9.59 Å². The van der Waals surface area contributed by atoms with Crippen LogP contribution in [0.1, 0.15) is 22.8 Å². The highest BCUT2D eigenvalue weighted by Crippen LogP contribution is 2.37. The molecular formula is C18H17BrN2O3. The first-order valence-corrected chi connectivity index (χ1v) is 8.36. The standard InChI is InChI=1S/C18H17BrN2O3/c1-11(22)21(18(23)12-3-5-15(24-2)6-4-12)16-10-14(19)9-13-7-8-20-17(13)16/h3-6,9-10,20H,7-8H2,1-2H3. The first kappa shape index (κ1) is 16.5. The average Bonchev–Trinajstić information content (AvgIpc) is 3.03. The molecular weight excluding hydrogens is 372 g/mol. The van der Waals surface area contributed by atoms with Crippen LogP contribution in [0, 0.1) is 0 Å². The minimum absolute atomic E-state index is 0.329. The molecule has 0 saturated carbocycles. The van der Waals surface area contributed by atoms with Crippen molar-refractivity contribution in [2.75, 3.05) is 23.9 Å². The molecule has 0 spiro atoms. The molecule has 1 heterocycles. The van der Waals surface area contributed by atoms with Crippen LogP contribution in [0.25, 0.3) is 0 Å². The number of amides is 2. The van der Waals surface area contributed by atoms with Crippen LogP contribution < -0.4 is 15.0 Å². The van der Waals surface area contributed by atoms with Gasteiger partial charge < -0.3 is 10.1 Å². The van der Waals surface area contributed by atoms with Crippen molar-refractivity contribution in [1.29, 1.82) is 0 Å². The van der Waals surface area contributed by atoms with E-state index in [2.05, 4.69) is 21.2 Å². The normalized spacial score (nSPS) is 12.3. The Morgan fingerprint density at radius 3 is 2.54 bits per heavy atom. The van der Waals surface area contributed by atoms with Crippen molar-refractivity contribution in [3.8, 4) is 5.75 Å². The molecule has 1 aliphatic heterocycles. The Morgan fingerprint density at radius 2 is 1.92 bits per heavy atom. The second-order valence-electron chi connectivity index (χ2n) is 5.52. The third kappa shape index (κ3) is 3.01. The number of hydrogen-bond donors (Lipinski definition) is 1. The molecule has 0 fully saturated rings. The first-order chi connectivity index (χ1) is 11.5. The molecule has 0 saturated heterocycles. The zero-order valence-electron chi connectivity index (χ0n) is 13.4. The lowest BCUT2D eigenvalue weighted by Crippen LogP contribution is -2.35. The fraction of sp³-hybridized carbons (Fsp3) is 0.222. The Bertz CT molecular complexity index is 803. The summed E-state index contributed by atoms with van der Waals surface area (Å²) in [5.74, 6) is -0.0325. The Kier molecular flexibility index (Phi) is 4.57. The third-order valence-electron chi connectivity index (χ3n) is 3.96. The predicted molar refractivity (Wildman–Crippen MR) is 96.8 cm³/mol. The molecule has 24 heavy (non-hydrogen) atoms. The molecule has 0 atom stereocenters. The van der Waals surface area contributed by atoms with Gasteiger partial charge in [0.15, 0.2) is 0 Å². The highest BCUT2D eigenvalue weighted by molar-refractivity contribution is 9.10. The summed E-state index contributed by atoms with van der Waals surface area (Å²) in [6.07, 6.45) is 0.865. The molecule has 124 valence electrons. The highest BCUT2D eigenvalue weighted by atomic mass is 79.9. The Balaban J connectivity index is 2.04. The first-order valence-electron chi connectivity index (χ1n) is 7.56. The number of carbonyl (C=O) groups excluding carboxylic acids is 2. The minimum atomic E-state index is -0.362. The van der Waals surface area contributed by atoms with Crippen LogP contribution in [0.4, 0.5) is 11.4 Å². The lowest BCUT2D eigenvalue weighted by Gasteiger charge is -2.22. The topological polar surface area (TPSA) is 58.6 Å². The van der Waals surface area contributed by atoms with Crippen LogP contribution in [0.3, 0.4) is 0 Å². The number of methoxy groups -OCH3 is 1. The summed E-state index contributed by atoms with van der Waals surface area (Å²) in [5.41, 5.74) is 2.94. The van der Waals surface area contributed by atoms with Crippen molar-refractivity contribution < 1.29 is 14.3 Å². The Morgan fingerprint density at radius 1 is 1.21 bits per heavy atom. The second-order valence-corrected chi connectivity index (χ2v) is 6.44. The van der Waals surface area contributed by atoms with Gasteiger partial charge in [-0.2, -0.15) is 0 Å². The smallest absolute Gasteiger partial charge is 0.265 e. The maximum absolute atomic E-state index is 12.9. The molecule has 3 rings (SSSR count). The summed E-state index contributed by atoms with van der Waals surface area (Å²) in [4.78, 5) is 26.4. The van der Waals surface area contributed by atoms with Crippen LogP contribution in [0.15, 0.2) is 40.9 Å². The molecule has 0 radical (unpaired) electrons. The maximum Gasteiger partial charge on any atom is 0.265 e. The van der Waals surface area contributed by atoms with Gasteiger partial charge in [0.2, 0.25) is 5.91 Å². The van der Waals surface area contributed by atoms with Gasteiger partial charge in [-0.05, 0) is 48.4 Å². The van der Waals surface area contributed by atoms with Gasteiger partial charge in [0.05, 0.1) is 18.5 Å². The van der Waals surface area contributed by atoms with Gasteiger partial charge in [-0.1, -0.05) is 15.9 Å². The molecule has 0 aromatic heterocycles. The summed E-state index contributed by atoms with van der Waals surface area (Å²) in [7, 11) is 1.56. The number of hydrogen-bond acceptors (Lipinski definition) is 4. The van der Waals surface area contributed by atoms with E-state index in [1.54, 1.807) is 37.4 Å². The van der Waals surface area contributed by atoms with E-state index < -0.39 is 0 Å². The van der Waals surface area contributed by atoms with Gasteiger partial charge in [-0.3, -0.25) is 9.59 Å². The Labute approximate surface area is 148 Å². The number of ether oxygens (including phenoxy) is 1. The van der Waals surface area contributed by atoms with E-state index in [1.807, 2.05) is 6.07 Å². The number of benzene rings is 2. The van der Waals surface area contributed by atoms with Crippen molar-refractivity contribution in [2.24, 2.45) is 0 Å². The van der Waals surface area contributed by atoms with E-state index in [4.69, 9.17) is 4.74 Å². The van der Waals surface area contributed by atoms with Crippen molar-refractivity contribution in [2.45, 2.75) is 13.3 Å². The van der Waals surface area contributed by atoms with Crippen molar-refractivity contribution >= 4 is 39.1 Å². The Hall–Kier alpha value is -2.34. The van der Waals surface area contributed by atoms with Crippen molar-refractivity contribution in [1.82, 2.24) is 0 Å².